The average molecular weight is 518 g/mol. The number of non-ortho nitro benzene ring substituents is 1. The number of nitro groups is 1. The first kappa shape index (κ1) is 26.2. The lowest BCUT2D eigenvalue weighted by atomic mass is 10.2. The van der Waals surface area contributed by atoms with E-state index in [0.717, 1.165) is 4.31 Å². The van der Waals surface area contributed by atoms with Crippen LogP contribution in [0.3, 0.4) is 0 Å². The van der Waals surface area contributed by atoms with E-state index in [4.69, 9.17) is 0 Å². The summed E-state index contributed by atoms with van der Waals surface area (Å²) in [5.41, 5.74) is 0.560. The van der Waals surface area contributed by atoms with E-state index in [0.29, 0.717) is 30.0 Å². The Morgan fingerprint density at radius 1 is 1.00 bits per heavy atom. The Morgan fingerprint density at radius 3 is 2.31 bits per heavy atom. The zero-order valence-electron chi connectivity index (χ0n) is 18.7. The Balaban J connectivity index is 1.61. The number of halogens is 1. The van der Waals surface area contributed by atoms with Crippen LogP contribution in [0.4, 0.5) is 15.8 Å². The van der Waals surface area contributed by atoms with Crippen LogP contribution in [0.25, 0.3) is 0 Å². The van der Waals surface area contributed by atoms with Gasteiger partial charge in [0, 0.05) is 24.4 Å². The minimum Gasteiger partial charge on any atom is -0.354 e. The highest BCUT2D eigenvalue weighted by atomic mass is 32.2. The molecule has 3 aromatic rings. The summed E-state index contributed by atoms with van der Waals surface area (Å²) < 4.78 is 41.1. The SMILES string of the molecule is O=C(CN(c1ccc([N+](=O)[O-])cc1)S(=O)(=O)c1ccccc1)NCCCSCc1ccccc1F. The molecular weight excluding hydrogens is 493 g/mol. The lowest BCUT2D eigenvalue weighted by Gasteiger charge is -2.24. The Morgan fingerprint density at radius 2 is 1.66 bits per heavy atom. The molecule has 0 aromatic heterocycles. The molecule has 8 nitrogen and oxygen atoms in total. The summed E-state index contributed by atoms with van der Waals surface area (Å²) in [7, 11) is -4.09. The highest BCUT2D eigenvalue weighted by Gasteiger charge is 2.27. The number of nitrogens with one attached hydrogen (secondary N) is 1. The predicted octanol–water partition coefficient (Wildman–Crippen LogP) is 4.37. The fourth-order valence-corrected chi connectivity index (χ4v) is 5.55. The highest BCUT2D eigenvalue weighted by Crippen LogP contribution is 2.25. The van der Waals surface area contributed by atoms with E-state index in [9.17, 15) is 27.7 Å². The number of anilines is 1. The van der Waals surface area contributed by atoms with Crippen LogP contribution in [0.5, 0.6) is 0 Å². The van der Waals surface area contributed by atoms with Crippen LogP contribution < -0.4 is 9.62 Å². The number of nitro benzene ring substituents is 1. The first-order chi connectivity index (χ1) is 16.8. The molecule has 0 spiro atoms. The van der Waals surface area contributed by atoms with Crippen LogP contribution in [-0.2, 0) is 20.6 Å². The minimum atomic E-state index is -4.09. The van der Waals surface area contributed by atoms with Crippen LogP contribution in [-0.4, -0.2) is 38.1 Å². The monoisotopic (exact) mass is 517 g/mol. The molecular formula is C24H24FN3O5S2. The van der Waals surface area contributed by atoms with Crippen LogP contribution in [0, 0.1) is 15.9 Å². The van der Waals surface area contributed by atoms with Gasteiger partial charge in [-0.05, 0) is 48.1 Å². The van der Waals surface area contributed by atoms with Gasteiger partial charge in [-0.3, -0.25) is 19.2 Å². The van der Waals surface area contributed by atoms with Crippen molar-refractivity contribution < 1.29 is 22.5 Å². The molecule has 1 N–H and O–H groups in total. The highest BCUT2D eigenvalue weighted by molar-refractivity contribution is 7.98. The zero-order chi connectivity index (χ0) is 25.3. The molecule has 0 saturated carbocycles. The zero-order valence-corrected chi connectivity index (χ0v) is 20.3. The number of nitrogens with zero attached hydrogens (tertiary/aromatic N) is 2. The Kier molecular flexibility index (Phi) is 9.21. The number of carbonyl (C=O) groups excluding carboxylic acids is 1. The number of carbonyl (C=O) groups is 1. The minimum absolute atomic E-state index is 0.00398. The van der Waals surface area contributed by atoms with E-state index < -0.39 is 27.4 Å². The summed E-state index contributed by atoms with van der Waals surface area (Å²) in [4.78, 5) is 23.0. The molecule has 0 heterocycles. The number of amides is 1. The van der Waals surface area contributed by atoms with Gasteiger partial charge in [-0.25, -0.2) is 12.8 Å². The molecule has 0 unspecified atom stereocenters. The third kappa shape index (κ3) is 7.27. The molecule has 3 aromatic carbocycles. The lowest BCUT2D eigenvalue weighted by molar-refractivity contribution is -0.384. The van der Waals surface area contributed by atoms with Gasteiger partial charge in [0.25, 0.3) is 15.7 Å². The van der Waals surface area contributed by atoms with Gasteiger partial charge < -0.3 is 5.32 Å². The van der Waals surface area contributed by atoms with E-state index in [-0.39, 0.29) is 22.1 Å². The molecule has 35 heavy (non-hydrogen) atoms. The number of hydrogen-bond donors (Lipinski definition) is 1. The summed E-state index contributed by atoms with van der Waals surface area (Å²) >= 11 is 1.54. The molecule has 0 aliphatic carbocycles. The molecule has 0 saturated heterocycles. The molecule has 0 aliphatic heterocycles. The Hall–Kier alpha value is -3.44. The number of benzene rings is 3. The maximum Gasteiger partial charge on any atom is 0.269 e. The maximum atomic E-state index is 13.7. The van der Waals surface area contributed by atoms with Crippen LogP contribution in [0.15, 0.2) is 83.8 Å². The quantitative estimate of drug-likeness (QED) is 0.217. The third-order valence-electron chi connectivity index (χ3n) is 4.97. The summed E-state index contributed by atoms with van der Waals surface area (Å²) in [6.07, 6.45) is 0.619. The van der Waals surface area contributed by atoms with Gasteiger partial charge in [0.1, 0.15) is 12.4 Å². The van der Waals surface area contributed by atoms with Crippen molar-refractivity contribution in [1.82, 2.24) is 5.32 Å². The normalized spacial score (nSPS) is 11.1. The maximum absolute atomic E-state index is 13.7. The smallest absolute Gasteiger partial charge is 0.269 e. The van der Waals surface area contributed by atoms with Gasteiger partial charge in [-0.1, -0.05) is 36.4 Å². The molecule has 3 rings (SSSR count). The van der Waals surface area contributed by atoms with Crippen molar-refractivity contribution in [2.24, 2.45) is 0 Å². The van der Waals surface area contributed by atoms with E-state index >= 15 is 0 Å². The van der Waals surface area contributed by atoms with Crippen molar-refractivity contribution in [2.75, 3.05) is 23.1 Å². The van der Waals surface area contributed by atoms with Crippen LogP contribution >= 0.6 is 11.8 Å². The Labute approximate surface area is 207 Å². The second-order valence-corrected chi connectivity index (χ2v) is 10.4. The second kappa shape index (κ2) is 12.3. The number of hydrogen-bond acceptors (Lipinski definition) is 6. The fraction of sp³-hybridized carbons (Fsp3) is 0.208. The topological polar surface area (TPSA) is 110 Å². The molecule has 11 heteroatoms. The van der Waals surface area contributed by atoms with Gasteiger partial charge >= 0.3 is 0 Å². The standard InChI is InChI=1S/C24H24FN3O5S2/c25-23-10-5-4-7-19(23)18-34-16-6-15-26-24(29)17-27(20-11-13-21(14-12-20)28(30)31)35(32,33)22-8-2-1-3-9-22/h1-5,7-14H,6,15-18H2,(H,26,29). The van der Waals surface area contributed by atoms with Gasteiger partial charge in [-0.15, -0.1) is 0 Å². The summed E-state index contributed by atoms with van der Waals surface area (Å²) in [5.74, 6) is 0.438. The van der Waals surface area contributed by atoms with Gasteiger partial charge in [-0.2, -0.15) is 11.8 Å². The van der Waals surface area contributed by atoms with E-state index in [1.807, 2.05) is 0 Å². The molecule has 0 atom stereocenters. The number of rotatable bonds is 12. The average Bonchev–Trinajstić information content (AvgIpc) is 2.86. The van der Waals surface area contributed by atoms with Gasteiger partial charge in [0.15, 0.2) is 0 Å². The van der Waals surface area contributed by atoms with Crippen LogP contribution in [0.2, 0.25) is 0 Å². The largest absolute Gasteiger partial charge is 0.354 e. The molecule has 0 bridgehead atoms. The van der Waals surface area contributed by atoms with Crippen molar-refractivity contribution >= 4 is 39.1 Å². The molecule has 0 radical (unpaired) electrons. The summed E-state index contributed by atoms with van der Waals surface area (Å²) in [6.45, 7) is -0.167. The summed E-state index contributed by atoms with van der Waals surface area (Å²) in [6, 6.07) is 19.2. The number of sulfonamides is 1. The van der Waals surface area contributed by atoms with E-state index in [2.05, 4.69) is 5.32 Å². The van der Waals surface area contributed by atoms with Crippen molar-refractivity contribution in [3.63, 3.8) is 0 Å². The van der Waals surface area contributed by atoms with E-state index in [1.165, 1.54) is 54.2 Å². The predicted molar refractivity (Wildman–Crippen MR) is 134 cm³/mol. The first-order valence-corrected chi connectivity index (χ1v) is 13.3. The first-order valence-electron chi connectivity index (χ1n) is 10.7. The third-order valence-corrected chi connectivity index (χ3v) is 7.85. The molecule has 0 fully saturated rings. The fourth-order valence-electron chi connectivity index (χ4n) is 3.16. The summed E-state index contributed by atoms with van der Waals surface area (Å²) in [5, 5.41) is 13.7. The van der Waals surface area contributed by atoms with Gasteiger partial charge in [0.05, 0.1) is 15.5 Å². The van der Waals surface area contributed by atoms with Crippen molar-refractivity contribution in [3.05, 3.63) is 100 Å². The molecule has 184 valence electrons. The van der Waals surface area contributed by atoms with Crippen molar-refractivity contribution in [2.45, 2.75) is 17.1 Å². The number of thioether (sulfide) groups is 1. The van der Waals surface area contributed by atoms with Crippen molar-refractivity contribution in [1.29, 1.82) is 0 Å². The second-order valence-electron chi connectivity index (χ2n) is 7.45. The molecule has 0 aliphatic rings. The molecule has 1 amide bonds. The van der Waals surface area contributed by atoms with Gasteiger partial charge in [0.2, 0.25) is 5.91 Å². The van der Waals surface area contributed by atoms with Crippen molar-refractivity contribution in [3.8, 4) is 0 Å². The lowest BCUT2D eigenvalue weighted by Crippen LogP contribution is -2.41. The Bertz CT molecular complexity index is 1260. The van der Waals surface area contributed by atoms with Crippen LogP contribution in [0.1, 0.15) is 12.0 Å². The van der Waals surface area contributed by atoms with E-state index in [1.54, 1.807) is 36.4 Å².